The molecule has 158 valence electrons. The van der Waals surface area contributed by atoms with Gasteiger partial charge in [-0.1, -0.05) is 30.3 Å². The zero-order valence-electron chi connectivity index (χ0n) is 16.9. The summed E-state index contributed by atoms with van der Waals surface area (Å²) in [5.74, 6) is -0.887. The smallest absolute Gasteiger partial charge is 0.230 e. The van der Waals surface area contributed by atoms with E-state index in [1.54, 1.807) is 35.2 Å². The lowest BCUT2D eigenvalue weighted by molar-refractivity contribution is -0.120. The minimum absolute atomic E-state index is 0.0390. The molecular weight excluding hydrogens is 398 g/mol. The van der Waals surface area contributed by atoms with Gasteiger partial charge in [0.15, 0.2) is 0 Å². The number of anilines is 2. The lowest BCUT2D eigenvalue weighted by atomic mass is 10.1. The van der Waals surface area contributed by atoms with Crippen molar-refractivity contribution in [1.82, 2.24) is 0 Å². The minimum Gasteiger partial charge on any atom is -0.326 e. The molecule has 3 aromatic carbocycles. The monoisotopic (exact) mass is 420 g/mol. The summed E-state index contributed by atoms with van der Waals surface area (Å²) in [6.07, 6.45) is 1.90. The Balaban J connectivity index is 1.45. The first kappa shape index (κ1) is 20.7. The second-order valence-electron chi connectivity index (χ2n) is 7.73. The van der Waals surface area contributed by atoms with Crippen molar-refractivity contribution in [2.45, 2.75) is 25.8 Å². The van der Waals surface area contributed by atoms with Crippen LogP contribution in [-0.4, -0.2) is 11.8 Å². The van der Waals surface area contributed by atoms with E-state index in [9.17, 15) is 18.4 Å². The zero-order chi connectivity index (χ0) is 21.8. The van der Waals surface area contributed by atoms with Gasteiger partial charge in [-0.2, -0.15) is 0 Å². The Bertz CT molecular complexity index is 1080. The average Bonchev–Trinajstić information content (AvgIpc) is 3.59. The van der Waals surface area contributed by atoms with Gasteiger partial charge in [-0.25, -0.2) is 8.78 Å². The number of rotatable bonds is 7. The maximum absolute atomic E-state index is 13.3. The van der Waals surface area contributed by atoms with Crippen LogP contribution in [0.25, 0.3) is 0 Å². The van der Waals surface area contributed by atoms with Crippen molar-refractivity contribution >= 4 is 23.2 Å². The van der Waals surface area contributed by atoms with Crippen LogP contribution < -0.4 is 10.2 Å². The minimum atomic E-state index is -0.413. The molecule has 0 bridgehead atoms. The lowest BCUT2D eigenvalue weighted by Gasteiger charge is -2.23. The van der Waals surface area contributed by atoms with Crippen LogP contribution >= 0.6 is 0 Å². The van der Waals surface area contributed by atoms with E-state index >= 15 is 0 Å². The van der Waals surface area contributed by atoms with Crippen LogP contribution in [0.2, 0.25) is 0 Å². The van der Waals surface area contributed by atoms with Crippen molar-refractivity contribution in [3.05, 3.63) is 95.6 Å². The summed E-state index contributed by atoms with van der Waals surface area (Å²) in [5, 5.41) is 2.67. The summed E-state index contributed by atoms with van der Waals surface area (Å²) in [5.41, 5.74) is 2.75. The van der Waals surface area contributed by atoms with E-state index in [2.05, 4.69) is 5.32 Å². The summed E-state index contributed by atoms with van der Waals surface area (Å²) in [6, 6.07) is 19.1. The zero-order valence-corrected chi connectivity index (χ0v) is 16.9. The van der Waals surface area contributed by atoms with Crippen molar-refractivity contribution in [2.24, 2.45) is 5.92 Å². The fraction of sp³-hybridized carbons (Fsp3) is 0.200. The molecule has 1 saturated carbocycles. The predicted molar refractivity (Wildman–Crippen MR) is 115 cm³/mol. The van der Waals surface area contributed by atoms with E-state index in [4.69, 9.17) is 0 Å². The molecular formula is C25H22F2N2O2. The quantitative estimate of drug-likeness (QED) is 0.579. The summed E-state index contributed by atoms with van der Waals surface area (Å²) >= 11 is 0. The van der Waals surface area contributed by atoms with E-state index < -0.39 is 5.82 Å². The molecule has 0 aliphatic heterocycles. The van der Waals surface area contributed by atoms with E-state index in [1.807, 2.05) is 12.1 Å². The molecule has 0 atom stereocenters. The van der Waals surface area contributed by atoms with Crippen LogP contribution in [0.3, 0.4) is 0 Å². The molecule has 0 aromatic heterocycles. The molecule has 0 unspecified atom stereocenters. The number of nitrogens with one attached hydrogen (secondary N) is 1. The largest absolute Gasteiger partial charge is 0.326 e. The highest BCUT2D eigenvalue weighted by molar-refractivity contribution is 5.96. The van der Waals surface area contributed by atoms with Crippen LogP contribution in [0.4, 0.5) is 20.2 Å². The highest BCUT2D eigenvalue weighted by Gasteiger charge is 2.34. The van der Waals surface area contributed by atoms with Gasteiger partial charge in [0.1, 0.15) is 11.6 Å². The van der Waals surface area contributed by atoms with Crippen LogP contribution in [0, 0.1) is 17.6 Å². The van der Waals surface area contributed by atoms with Crippen molar-refractivity contribution < 1.29 is 18.4 Å². The molecule has 0 radical (unpaired) electrons. The van der Waals surface area contributed by atoms with Gasteiger partial charge in [-0.05, 0) is 66.4 Å². The number of hydrogen-bond donors (Lipinski definition) is 1. The Morgan fingerprint density at radius 2 is 1.55 bits per heavy atom. The number of carbonyl (C=O) groups is 2. The molecule has 1 aliphatic rings. The number of hydrogen-bond acceptors (Lipinski definition) is 2. The number of carbonyl (C=O) groups excluding carboxylic acids is 2. The predicted octanol–water partition coefficient (Wildman–Crippen LogP) is 5.09. The molecule has 3 aromatic rings. The molecule has 0 heterocycles. The molecule has 4 rings (SSSR count). The second kappa shape index (κ2) is 9.08. The lowest BCUT2D eigenvalue weighted by Crippen LogP contribution is -2.31. The van der Waals surface area contributed by atoms with Gasteiger partial charge in [-0.3, -0.25) is 9.59 Å². The van der Waals surface area contributed by atoms with Gasteiger partial charge >= 0.3 is 0 Å². The average molecular weight is 420 g/mol. The molecule has 0 saturated heterocycles. The maximum atomic E-state index is 13.3. The first-order chi connectivity index (χ1) is 15.0. The van der Waals surface area contributed by atoms with Gasteiger partial charge in [0, 0.05) is 17.3 Å². The Hall–Kier alpha value is -3.54. The number of nitrogens with zero attached hydrogens (tertiary/aromatic N) is 1. The number of benzene rings is 3. The van der Waals surface area contributed by atoms with Gasteiger partial charge < -0.3 is 10.2 Å². The highest BCUT2D eigenvalue weighted by atomic mass is 19.1. The summed E-state index contributed by atoms with van der Waals surface area (Å²) in [7, 11) is 0. The molecule has 6 heteroatoms. The first-order valence-electron chi connectivity index (χ1n) is 10.2. The third-order valence-corrected chi connectivity index (χ3v) is 5.17. The third-order valence-electron chi connectivity index (χ3n) is 5.17. The Morgan fingerprint density at radius 3 is 2.19 bits per heavy atom. The highest BCUT2D eigenvalue weighted by Crippen LogP contribution is 2.33. The van der Waals surface area contributed by atoms with Gasteiger partial charge in [0.05, 0.1) is 13.0 Å². The molecule has 1 aliphatic carbocycles. The summed E-state index contributed by atoms with van der Waals surface area (Å²) in [4.78, 5) is 26.8. The molecule has 4 nitrogen and oxygen atoms in total. The van der Waals surface area contributed by atoms with Crippen molar-refractivity contribution in [3.8, 4) is 0 Å². The fourth-order valence-corrected chi connectivity index (χ4v) is 3.37. The molecule has 1 N–H and O–H groups in total. The van der Waals surface area contributed by atoms with Crippen molar-refractivity contribution in [1.29, 1.82) is 0 Å². The third kappa shape index (κ3) is 5.54. The Morgan fingerprint density at radius 1 is 0.871 bits per heavy atom. The van der Waals surface area contributed by atoms with E-state index in [0.29, 0.717) is 12.2 Å². The maximum Gasteiger partial charge on any atom is 0.230 e. The van der Waals surface area contributed by atoms with Gasteiger partial charge in [0.25, 0.3) is 0 Å². The van der Waals surface area contributed by atoms with Crippen molar-refractivity contribution in [3.63, 3.8) is 0 Å². The van der Waals surface area contributed by atoms with E-state index in [-0.39, 0.29) is 30.0 Å². The normalized spacial score (nSPS) is 13.0. The Labute approximate surface area is 179 Å². The molecule has 2 amide bonds. The SMILES string of the molecule is O=C(Cc1ccc(N(Cc2ccc(F)cc2)C(=O)C2CC2)cc1)Nc1cccc(F)c1. The van der Waals surface area contributed by atoms with Gasteiger partial charge in [-0.15, -0.1) is 0 Å². The number of amides is 2. The van der Waals surface area contributed by atoms with E-state index in [1.165, 1.54) is 30.3 Å². The fourth-order valence-electron chi connectivity index (χ4n) is 3.37. The van der Waals surface area contributed by atoms with Gasteiger partial charge in [0.2, 0.25) is 11.8 Å². The van der Waals surface area contributed by atoms with Crippen LogP contribution in [-0.2, 0) is 22.6 Å². The van der Waals surface area contributed by atoms with Crippen LogP contribution in [0.15, 0.2) is 72.8 Å². The van der Waals surface area contributed by atoms with Crippen LogP contribution in [0.5, 0.6) is 0 Å². The second-order valence-corrected chi connectivity index (χ2v) is 7.73. The van der Waals surface area contributed by atoms with Crippen molar-refractivity contribution in [2.75, 3.05) is 10.2 Å². The molecule has 31 heavy (non-hydrogen) atoms. The van der Waals surface area contributed by atoms with Crippen LogP contribution in [0.1, 0.15) is 24.0 Å². The number of halogens is 2. The molecule has 0 spiro atoms. The van der Waals surface area contributed by atoms with E-state index in [0.717, 1.165) is 29.7 Å². The summed E-state index contributed by atoms with van der Waals surface area (Å²) in [6.45, 7) is 0.356. The first-order valence-corrected chi connectivity index (χ1v) is 10.2. The molecule has 1 fully saturated rings. The Kier molecular flexibility index (Phi) is 6.07. The summed E-state index contributed by atoms with van der Waals surface area (Å²) < 4.78 is 26.5. The topological polar surface area (TPSA) is 49.4 Å². The standard InChI is InChI=1S/C25H22F2N2O2/c26-20-10-4-18(5-11-20)16-29(25(31)19-8-9-19)23-12-6-17(7-13-23)14-24(30)28-22-3-1-2-21(27)15-22/h1-7,10-13,15,19H,8-9,14,16H2,(H,28,30).